The molecule has 0 spiro atoms. The van der Waals surface area contributed by atoms with E-state index in [4.69, 9.17) is 10.6 Å². The van der Waals surface area contributed by atoms with Crippen molar-refractivity contribution in [2.75, 3.05) is 38.2 Å². The average Bonchev–Trinajstić information content (AvgIpc) is 3.49. The van der Waals surface area contributed by atoms with Gasteiger partial charge in [-0.1, -0.05) is 48.5 Å². The van der Waals surface area contributed by atoms with Crippen LogP contribution in [0, 0.1) is 0 Å². The van der Waals surface area contributed by atoms with Crippen molar-refractivity contribution >= 4 is 40.3 Å². The van der Waals surface area contributed by atoms with E-state index in [1.807, 2.05) is 54.6 Å². The summed E-state index contributed by atoms with van der Waals surface area (Å²) in [6, 6.07) is 16.4. The molecule has 0 bridgehead atoms. The number of nitrogens with zero attached hydrogens (tertiary/aromatic N) is 3. The number of rotatable bonds is 10. The summed E-state index contributed by atoms with van der Waals surface area (Å²) in [5.74, 6) is -1.98. The molecule has 13 nitrogen and oxygen atoms in total. The van der Waals surface area contributed by atoms with Crippen LogP contribution in [0.2, 0.25) is 0 Å². The number of aromatic nitrogens is 1. The van der Waals surface area contributed by atoms with E-state index in [-0.39, 0.29) is 38.4 Å². The van der Waals surface area contributed by atoms with Gasteiger partial charge < -0.3 is 36.1 Å². The van der Waals surface area contributed by atoms with Gasteiger partial charge in [-0.3, -0.25) is 19.4 Å². The molecule has 1 aromatic heterocycles. The van der Waals surface area contributed by atoms with E-state index in [0.717, 1.165) is 16.5 Å². The Morgan fingerprint density at radius 2 is 1.86 bits per heavy atom. The highest BCUT2D eigenvalue weighted by Crippen LogP contribution is 2.23. The molecule has 4 atom stereocenters. The Labute approximate surface area is 254 Å². The first-order valence-electron chi connectivity index (χ1n) is 14.7. The molecule has 0 radical (unpaired) electrons. The zero-order chi connectivity index (χ0) is 31.1. The van der Waals surface area contributed by atoms with E-state index in [9.17, 15) is 24.3 Å². The second kappa shape index (κ2) is 14.3. The highest BCUT2D eigenvalue weighted by atomic mass is 16.7. The smallest absolute Gasteiger partial charge is 0.354 e. The van der Waals surface area contributed by atoms with Crippen LogP contribution in [0.15, 0.2) is 66.9 Å². The van der Waals surface area contributed by atoms with Gasteiger partial charge in [0.15, 0.2) is 0 Å². The van der Waals surface area contributed by atoms with Gasteiger partial charge in [-0.15, -0.1) is 0 Å². The first kappa shape index (κ1) is 30.9. The molecule has 3 amide bonds. The molecule has 2 fully saturated rings. The maximum atomic E-state index is 13.7. The summed E-state index contributed by atoms with van der Waals surface area (Å²) >= 11 is 0. The van der Waals surface area contributed by atoms with Crippen LogP contribution >= 0.6 is 0 Å². The Morgan fingerprint density at radius 3 is 2.66 bits per heavy atom. The van der Waals surface area contributed by atoms with E-state index >= 15 is 0 Å². The monoisotopic (exact) mass is 603 g/mol. The molecule has 2 aliphatic heterocycles. The number of aliphatic hydroxyl groups is 1. The summed E-state index contributed by atoms with van der Waals surface area (Å²) in [4.78, 5) is 64.8. The number of para-hydroxylation sites is 1. The van der Waals surface area contributed by atoms with Crippen molar-refractivity contribution in [2.45, 2.75) is 43.5 Å². The number of fused-ring (bicyclic) bond motifs is 1. The zero-order valence-corrected chi connectivity index (χ0v) is 24.2. The van der Waals surface area contributed by atoms with Gasteiger partial charge in [0, 0.05) is 44.0 Å². The van der Waals surface area contributed by atoms with Crippen LogP contribution in [0.5, 0.6) is 0 Å². The molecule has 3 heterocycles. The highest BCUT2D eigenvalue weighted by Gasteiger charge is 2.44. The number of amides is 3. The van der Waals surface area contributed by atoms with E-state index in [2.05, 4.69) is 21.1 Å². The van der Waals surface area contributed by atoms with Gasteiger partial charge in [-0.2, -0.15) is 0 Å². The molecule has 2 unspecified atom stereocenters. The van der Waals surface area contributed by atoms with E-state index < -0.39 is 42.0 Å². The number of carbonyl (C=O) groups is 4. The van der Waals surface area contributed by atoms with Gasteiger partial charge in [0.1, 0.15) is 18.2 Å². The largest absolute Gasteiger partial charge is 0.383 e. The number of aryl methyl sites for hydroxylation is 1. The number of carbonyl (C=O) groups excluding carboxylic acids is 4. The van der Waals surface area contributed by atoms with Crippen molar-refractivity contribution in [3.8, 4) is 0 Å². The van der Waals surface area contributed by atoms with Crippen LogP contribution in [0.25, 0.3) is 10.9 Å². The predicted octanol–water partition coefficient (Wildman–Crippen LogP) is -0.0566. The summed E-state index contributed by atoms with van der Waals surface area (Å²) in [7, 11) is 0. The maximum Gasteiger partial charge on any atom is 0.354 e. The summed E-state index contributed by atoms with van der Waals surface area (Å²) in [6.45, 7) is 0.749. The number of anilines is 1. The number of aliphatic hydroxyl groups excluding tert-OH is 1. The highest BCUT2D eigenvalue weighted by molar-refractivity contribution is 5.90. The minimum atomic E-state index is -1.26. The van der Waals surface area contributed by atoms with E-state index in [0.29, 0.717) is 25.2 Å². The van der Waals surface area contributed by atoms with Crippen molar-refractivity contribution in [1.82, 2.24) is 25.4 Å². The Morgan fingerprint density at radius 1 is 1.09 bits per heavy atom. The quantitative estimate of drug-likeness (QED) is 0.197. The Balaban J connectivity index is 1.25. The van der Waals surface area contributed by atoms with Gasteiger partial charge in [-0.05, 0) is 30.5 Å². The van der Waals surface area contributed by atoms with Gasteiger partial charge in [0.25, 0.3) is 0 Å². The molecule has 2 aromatic carbocycles. The van der Waals surface area contributed by atoms with Crippen LogP contribution in [-0.4, -0.2) is 101 Å². The molecule has 5 rings (SSSR count). The molecule has 3 aromatic rings. The number of nitrogens with one attached hydrogen (secondary N) is 3. The first-order chi connectivity index (χ1) is 21.3. The van der Waals surface area contributed by atoms with E-state index in [1.165, 1.54) is 16.0 Å². The molecule has 44 heavy (non-hydrogen) atoms. The lowest BCUT2D eigenvalue weighted by atomic mass is 10.1. The number of hydrogen-bond acceptors (Lipinski definition) is 10. The summed E-state index contributed by atoms with van der Waals surface area (Å²) in [5.41, 5.74) is 10.4. The second-order valence-corrected chi connectivity index (χ2v) is 11.0. The summed E-state index contributed by atoms with van der Waals surface area (Å²) < 4.78 is 0. The fourth-order valence-electron chi connectivity index (χ4n) is 5.56. The fraction of sp³-hybridized carbons (Fsp3) is 0.387. The van der Waals surface area contributed by atoms with Gasteiger partial charge >= 0.3 is 5.97 Å². The van der Waals surface area contributed by atoms with Gasteiger partial charge in [0.05, 0.1) is 23.9 Å². The van der Waals surface area contributed by atoms with Crippen molar-refractivity contribution in [1.29, 1.82) is 0 Å². The third kappa shape index (κ3) is 7.48. The van der Waals surface area contributed by atoms with Crippen LogP contribution in [0.4, 0.5) is 5.69 Å². The summed E-state index contributed by atoms with van der Waals surface area (Å²) in [6.07, 6.45) is 1.08. The van der Waals surface area contributed by atoms with Crippen molar-refractivity contribution in [2.24, 2.45) is 5.73 Å². The van der Waals surface area contributed by atoms with Gasteiger partial charge in [0.2, 0.25) is 17.7 Å². The average molecular weight is 604 g/mol. The topological polar surface area (TPSA) is 179 Å². The number of nitrogens with two attached hydrogens (primary N) is 1. The van der Waals surface area contributed by atoms with Crippen LogP contribution < -0.4 is 21.8 Å². The molecular weight excluding hydrogens is 566 g/mol. The van der Waals surface area contributed by atoms with Crippen molar-refractivity contribution in [3.05, 3.63) is 72.4 Å². The molecule has 0 saturated carbocycles. The third-order valence-electron chi connectivity index (χ3n) is 7.92. The zero-order valence-electron chi connectivity index (χ0n) is 24.2. The Hall–Kier alpha value is -4.59. The standard InChI is InChI=1S/C31H37N7O6/c32-16-28(40)37-13-12-33-25(19-37)30(42)38-18-23(35-29(41)27(39)11-10-20-6-2-1-3-7-20)15-26(38)31(43)44-36-22-14-21-8-4-5-9-24(21)34-17-22/h1-9,14,17,23,25-27,33,36,39H,10-13,15-16,18-19,32H2,(H,35,41)/t23?,25?,26-,27+/m0/s1. The predicted molar refractivity (Wildman–Crippen MR) is 162 cm³/mol. The lowest BCUT2D eigenvalue weighted by molar-refractivity contribution is -0.152. The Bertz CT molecular complexity index is 1490. The SMILES string of the molecule is NCC(=O)N1CCNC(C(=O)N2CC(NC(=O)[C@H](O)CCc3ccccc3)C[C@H]2C(=O)ONc2cnc3ccccc3c2)C1. The number of pyridine rings is 1. The Kier molecular flexibility index (Phi) is 10.00. The molecule has 2 saturated heterocycles. The minimum Gasteiger partial charge on any atom is -0.383 e. The molecule has 232 valence electrons. The molecule has 0 aliphatic carbocycles. The number of hydrogen-bond donors (Lipinski definition) is 5. The first-order valence-corrected chi connectivity index (χ1v) is 14.7. The molecular formula is C31H37N7O6. The van der Waals surface area contributed by atoms with Crippen LogP contribution in [0.1, 0.15) is 18.4 Å². The van der Waals surface area contributed by atoms with Gasteiger partial charge in [-0.25, -0.2) is 10.3 Å². The summed E-state index contributed by atoms with van der Waals surface area (Å²) in [5, 5.41) is 17.3. The van der Waals surface area contributed by atoms with Crippen molar-refractivity contribution < 1.29 is 29.1 Å². The fourth-order valence-corrected chi connectivity index (χ4v) is 5.56. The van der Waals surface area contributed by atoms with E-state index in [1.54, 1.807) is 6.07 Å². The molecule has 6 N–H and O–H groups in total. The number of piperazine rings is 1. The molecule has 2 aliphatic rings. The second-order valence-electron chi connectivity index (χ2n) is 11.0. The maximum absolute atomic E-state index is 13.7. The number of likely N-dealkylation sites (tertiary alicyclic amines) is 1. The minimum absolute atomic E-state index is 0.0241. The lowest BCUT2D eigenvalue weighted by Crippen LogP contribution is -2.61. The van der Waals surface area contributed by atoms with Crippen LogP contribution in [-0.2, 0) is 30.4 Å². The molecule has 13 heteroatoms. The number of benzene rings is 2. The van der Waals surface area contributed by atoms with Crippen LogP contribution in [0.3, 0.4) is 0 Å². The third-order valence-corrected chi connectivity index (χ3v) is 7.92. The lowest BCUT2D eigenvalue weighted by Gasteiger charge is -2.35. The normalized spacial score (nSPS) is 20.6. The van der Waals surface area contributed by atoms with Crippen molar-refractivity contribution in [3.63, 3.8) is 0 Å².